The minimum Gasteiger partial charge on any atom is -0.450 e. The van der Waals surface area contributed by atoms with E-state index in [-0.39, 0.29) is 23.2 Å². The molecule has 0 aromatic heterocycles. The molecule has 6 nitrogen and oxygen atoms in total. The fraction of sp³-hybridized carbons (Fsp3) is 0.636. The predicted molar refractivity (Wildman–Crippen MR) is 109 cm³/mol. The van der Waals surface area contributed by atoms with Gasteiger partial charge in [0.05, 0.1) is 12.3 Å². The zero-order valence-corrected chi connectivity index (χ0v) is 17.3. The van der Waals surface area contributed by atoms with E-state index in [4.69, 9.17) is 4.74 Å². The lowest BCUT2D eigenvalue weighted by Crippen LogP contribution is -2.52. The molecule has 1 aromatic carbocycles. The Balaban J connectivity index is 1.41. The van der Waals surface area contributed by atoms with E-state index in [2.05, 4.69) is 4.90 Å². The fourth-order valence-corrected chi connectivity index (χ4v) is 5.33. The van der Waals surface area contributed by atoms with Crippen molar-refractivity contribution in [2.24, 2.45) is 0 Å². The number of para-hydroxylation sites is 1. The number of hydrogen-bond acceptors (Lipinski definition) is 4. The SMILES string of the molecule is CCOC(=O)N1CCC(N2CCC3(CC2)CN(C(C)=O)c2c(F)cccc23)CC1. The van der Waals surface area contributed by atoms with Crippen molar-refractivity contribution >= 4 is 17.7 Å². The summed E-state index contributed by atoms with van der Waals surface area (Å²) in [6.45, 7) is 7.67. The normalized spacial score (nSPS) is 22.0. The van der Waals surface area contributed by atoms with Crippen LogP contribution in [0.4, 0.5) is 14.9 Å². The summed E-state index contributed by atoms with van der Waals surface area (Å²) in [7, 11) is 0. The Morgan fingerprint density at radius 1 is 1.17 bits per heavy atom. The number of nitrogens with zero attached hydrogens (tertiary/aromatic N) is 3. The quantitative estimate of drug-likeness (QED) is 0.761. The third-order valence-corrected chi connectivity index (χ3v) is 6.93. The van der Waals surface area contributed by atoms with Crippen LogP contribution < -0.4 is 4.90 Å². The molecule has 4 rings (SSSR count). The van der Waals surface area contributed by atoms with E-state index >= 15 is 0 Å². The van der Waals surface area contributed by atoms with E-state index in [1.807, 2.05) is 13.0 Å². The molecule has 0 atom stereocenters. The van der Waals surface area contributed by atoms with Gasteiger partial charge in [-0.3, -0.25) is 4.79 Å². The molecular formula is C22H30FN3O3. The summed E-state index contributed by atoms with van der Waals surface area (Å²) in [4.78, 5) is 30.0. The fourth-order valence-electron chi connectivity index (χ4n) is 5.33. The van der Waals surface area contributed by atoms with E-state index < -0.39 is 0 Å². The van der Waals surface area contributed by atoms with Crippen LogP contribution in [0.2, 0.25) is 0 Å². The molecule has 3 aliphatic rings. The van der Waals surface area contributed by atoms with E-state index in [0.717, 1.165) is 57.4 Å². The highest BCUT2D eigenvalue weighted by molar-refractivity contribution is 5.95. The highest BCUT2D eigenvalue weighted by atomic mass is 19.1. The van der Waals surface area contributed by atoms with Gasteiger partial charge in [-0.15, -0.1) is 0 Å². The molecule has 158 valence electrons. The Hall–Kier alpha value is -2.15. The van der Waals surface area contributed by atoms with Gasteiger partial charge in [0, 0.05) is 38.0 Å². The zero-order valence-electron chi connectivity index (χ0n) is 17.3. The molecule has 29 heavy (non-hydrogen) atoms. The van der Waals surface area contributed by atoms with Gasteiger partial charge in [-0.1, -0.05) is 12.1 Å². The minimum atomic E-state index is -0.302. The Morgan fingerprint density at radius 3 is 2.48 bits per heavy atom. The van der Waals surface area contributed by atoms with Crippen molar-refractivity contribution in [3.05, 3.63) is 29.6 Å². The number of ether oxygens (including phenoxy) is 1. The lowest BCUT2D eigenvalue weighted by Gasteiger charge is -2.45. The van der Waals surface area contributed by atoms with Crippen LogP contribution in [0, 0.1) is 5.82 Å². The van der Waals surface area contributed by atoms with Gasteiger partial charge in [-0.2, -0.15) is 0 Å². The maximum atomic E-state index is 14.5. The molecule has 0 N–H and O–H groups in total. The maximum absolute atomic E-state index is 14.5. The monoisotopic (exact) mass is 403 g/mol. The molecule has 2 amide bonds. The highest BCUT2D eigenvalue weighted by Gasteiger charge is 2.47. The van der Waals surface area contributed by atoms with Crippen molar-refractivity contribution < 1.29 is 18.7 Å². The molecule has 0 unspecified atom stereocenters. The number of halogens is 1. The third kappa shape index (κ3) is 3.61. The molecule has 2 fully saturated rings. The number of hydrogen-bond donors (Lipinski definition) is 0. The van der Waals surface area contributed by atoms with Crippen LogP contribution in [0.15, 0.2) is 18.2 Å². The van der Waals surface area contributed by atoms with E-state index in [0.29, 0.717) is 24.9 Å². The van der Waals surface area contributed by atoms with Gasteiger partial charge in [0.25, 0.3) is 0 Å². The summed E-state index contributed by atoms with van der Waals surface area (Å²) in [6.07, 6.45) is 3.54. The van der Waals surface area contributed by atoms with Crippen LogP contribution >= 0.6 is 0 Å². The van der Waals surface area contributed by atoms with Gasteiger partial charge in [-0.25, -0.2) is 9.18 Å². The number of fused-ring (bicyclic) bond motifs is 2. The lowest BCUT2D eigenvalue weighted by molar-refractivity contribution is -0.116. The molecule has 7 heteroatoms. The first-order valence-corrected chi connectivity index (χ1v) is 10.7. The van der Waals surface area contributed by atoms with E-state index in [9.17, 15) is 14.0 Å². The van der Waals surface area contributed by atoms with Crippen molar-refractivity contribution in [1.82, 2.24) is 9.80 Å². The van der Waals surface area contributed by atoms with E-state index in [1.54, 1.807) is 15.9 Å². The first-order chi connectivity index (χ1) is 13.9. The Morgan fingerprint density at radius 2 is 1.86 bits per heavy atom. The Bertz CT molecular complexity index is 784. The van der Waals surface area contributed by atoms with Crippen LogP contribution in [-0.2, 0) is 14.9 Å². The smallest absolute Gasteiger partial charge is 0.409 e. The number of carbonyl (C=O) groups excluding carboxylic acids is 2. The summed E-state index contributed by atoms with van der Waals surface area (Å²) in [5.41, 5.74) is 1.33. The molecule has 1 aromatic rings. The second kappa shape index (κ2) is 7.94. The van der Waals surface area contributed by atoms with Crippen LogP contribution in [0.3, 0.4) is 0 Å². The van der Waals surface area contributed by atoms with Gasteiger partial charge < -0.3 is 19.4 Å². The molecule has 2 saturated heterocycles. The summed E-state index contributed by atoms with van der Waals surface area (Å²) in [5.74, 6) is -0.398. The zero-order chi connectivity index (χ0) is 20.6. The van der Waals surface area contributed by atoms with Gasteiger partial charge >= 0.3 is 6.09 Å². The summed E-state index contributed by atoms with van der Waals surface area (Å²) >= 11 is 0. The summed E-state index contributed by atoms with van der Waals surface area (Å²) < 4.78 is 19.6. The second-order valence-electron chi connectivity index (χ2n) is 8.47. The molecule has 0 radical (unpaired) electrons. The first kappa shape index (κ1) is 20.1. The van der Waals surface area contributed by atoms with Crippen LogP contribution in [0.25, 0.3) is 0 Å². The number of carbonyl (C=O) groups is 2. The molecular weight excluding hydrogens is 373 g/mol. The largest absolute Gasteiger partial charge is 0.450 e. The van der Waals surface area contributed by atoms with Crippen molar-refractivity contribution in [2.75, 3.05) is 44.2 Å². The van der Waals surface area contributed by atoms with Crippen LogP contribution in [0.5, 0.6) is 0 Å². The van der Waals surface area contributed by atoms with Gasteiger partial charge in [0.1, 0.15) is 5.82 Å². The molecule has 3 heterocycles. The number of amides is 2. The topological polar surface area (TPSA) is 53.1 Å². The highest BCUT2D eigenvalue weighted by Crippen LogP contribution is 2.48. The Labute approximate surface area is 171 Å². The van der Waals surface area contributed by atoms with Gasteiger partial charge in [0.15, 0.2) is 0 Å². The third-order valence-electron chi connectivity index (χ3n) is 6.93. The standard InChI is InChI=1S/C22H30FN3O3/c1-3-29-21(28)25-11-7-17(8-12-25)24-13-9-22(10-14-24)15-26(16(2)27)20-18(22)5-4-6-19(20)23/h4-6,17H,3,7-15H2,1-2H3. The Kier molecular flexibility index (Phi) is 5.51. The summed E-state index contributed by atoms with van der Waals surface area (Å²) in [6, 6.07) is 5.67. The van der Waals surface area contributed by atoms with Crippen molar-refractivity contribution in [2.45, 2.75) is 51.0 Å². The first-order valence-electron chi connectivity index (χ1n) is 10.7. The van der Waals surface area contributed by atoms with Crippen molar-refractivity contribution in [3.63, 3.8) is 0 Å². The minimum absolute atomic E-state index is 0.0954. The molecule has 1 spiro atoms. The maximum Gasteiger partial charge on any atom is 0.409 e. The molecule has 0 saturated carbocycles. The van der Waals surface area contributed by atoms with Crippen molar-refractivity contribution in [1.29, 1.82) is 0 Å². The van der Waals surface area contributed by atoms with E-state index in [1.165, 1.54) is 13.0 Å². The predicted octanol–water partition coefficient (Wildman–Crippen LogP) is 3.15. The molecule has 0 bridgehead atoms. The number of benzene rings is 1. The number of likely N-dealkylation sites (tertiary alicyclic amines) is 2. The average molecular weight is 403 g/mol. The van der Waals surface area contributed by atoms with Crippen molar-refractivity contribution in [3.8, 4) is 0 Å². The second-order valence-corrected chi connectivity index (χ2v) is 8.47. The summed E-state index contributed by atoms with van der Waals surface area (Å²) in [5, 5.41) is 0. The molecule has 3 aliphatic heterocycles. The number of piperidine rings is 2. The van der Waals surface area contributed by atoms with Crippen LogP contribution in [0.1, 0.15) is 45.1 Å². The van der Waals surface area contributed by atoms with Gasteiger partial charge in [-0.05, 0) is 57.3 Å². The lowest BCUT2D eigenvalue weighted by atomic mass is 9.74. The average Bonchev–Trinajstić information content (AvgIpc) is 3.05. The van der Waals surface area contributed by atoms with Gasteiger partial charge in [0.2, 0.25) is 5.91 Å². The van der Waals surface area contributed by atoms with Crippen LogP contribution in [-0.4, -0.2) is 67.2 Å². The number of anilines is 1. The number of rotatable bonds is 2. The molecule has 0 aliphatic carbocycles.